The van der Waals surface area contributed by atoms with Crippen molar-refractivity contribution in [2.24, 2.45) is 16.7 Å². The number of hydrogen-bond donors (Lipinski definition) is 1. The van der Waals surface area contributed by atoms with Gasteiger partial charge in [0.05, 0.1) is 16.5 Å². The molecule has 1 N–H and O–H groups in total. The summed E-state index contributed by atoms with van der Waals surface area (Å²) < 4.78 is 43.7. The highest BCUT2D eigenvalue weighted by atomic mass is 19.4. The minimum Gasteiger partial charge on any atom is -0.369 e. The first-order valence-electron chi connectivity index (χ1n) is 15.1. The van der Waals surface area contributed by atoms with Crippen molar-refractivity contribution in [1.82, 2.24) is 20.1 Å². The summed E-state index contributed by atoms with van der Waals surface area (Å²) in [6.07, 6.45) is 3.24. The van der Waals surface area contributed by atoms with E-state index < -0.39 is 22.9 Å². The number of nitrogens with one attached hydrogen (secondary N) is 1. The smallest absolute Gasteiger partial charge is 0.369 e. The Labute approximate surface area is 238 Å². The van der Waals surface area contributed by atoms with Crippen molar-refractivity contribution in [3.8, 4) is 6.07 Å². The van der Waals surface area contributed by atoms with E-state index in [4.69, 9.17) is 0 Å². The van der Waals surface area contributed by atoms with Crippen LogP contribution < -0.4 is 10.2 Å². The second-order valence-electron chi connectivity index (χ2n) is 13.1. The summed E-state index contributed by atoms with van der Waals surface area (Å²) in [5, 5.41) is 13.2. The number of halogens is 3. The van der Waals surface area contributed by atoms with E-state index in [0.717, 1.165) is 57.8 Å². The van der Waals surface area contributed by atoms with E-state index in [0.29, 0.717) is 28.2 Å². The molecule has 1 aromatic carbocycles. The van der Waals surface area contributed by atoms with Crippen LogP contribution in [0.2, 0.25) is 0 Å². The summed E-state index contributed by atoms with van der Waals surface area (Å²) in [6, 6.07) is 9.33. The Balaban J connectivity index is 1.01. The lowest BCUT2D eigenvalue weighted by Crippen LogP contribution is -2.53. The Morgan fingerprint density at radius 2 is 1.80 bits per heavy atom. The summed E-state index contributed by atoms with van der Waals surface area (Å²) in [6.45, 7) is 5.39. The number of benzene rings is 1. The van der Waals surface area contributed by atoms with Crippen LogP contribution in [0.1, 0.15) is 50.5 Å². The molecule has 5 aliphatic rings. The Morgan fingerprint density at radius 1 is 1.05 bits per heavy atom. The van der Waals surface area contributed by atoms with Crippen molar-refractivity contribution in [3.63, 3.8) is 0 Å². The summed E-state index contributed by atoms with van der Waals surface area (Å²) in [5.74, 6) is 0.459. The van der Waals surface area contributed by atoms with Crippen LogP contribution in [-0.4, -0.2) is 84.8 Å². The number of hydrogen-bond acceptors (Lipinski definition) is 6. The van der Waals surface area contributed by atoms with Gasteiger partial charge in [-0.1, -0.05) is 0 Å². The maximum absolute atomic E-state index is 14.6. The van der Waals surface area contributed by atoms with Gasteiger partial charge in [0.1, 0.15) is 11.5 Å². The minimum atomic E-state index is -4.49. The molecule has 0 bridgehead atoms. The maximum atomic E-state index is 14.6. The van der Waals surface area contributed by atoms with Crippen molar-refractivity contribution in [3.05, 3.63) is 36.0 Å². The van der Waals surface area contributed by atoms with E-state index in [1.807, 2.05) is 0 Å². The molecule has 0 unspecified atom stereocenters. The van der Waals surface area contributed by atoms with Crippen molar-refractivity contribution in [2.45, 2.75) is 63.2 Å². The molecule has 2 aromatic rings. The molecule has 7 nitrogen and oxygen atoms in total. The van der Waals surface area contributed by atoms with E-state index in [1.54, 1.807) is 35.4 Å². The number of nitrogens with zero attached hydrogens (tertiary/aromatic N) is 5. The molecule has 1 aromatic heterocycles. The molecule has 3 aliphatic carbocycles. The number of anilines is 1. The summed E-state index contributed by atoms with van der Waals surface area (Å²) in [5.41, 5.74) is -2.10. The number of amides is 1. The van der Waals surface area contributed by atoms with Crippen molar-refractivity contribution in [2.75, 3.05) is 50.7 Å². The lowest BCUT2D eigenvalue weighted by molar-refractivity contribution is -0.191. The molecule has 218 valence electrons. The molecule has 2 aliphatic heterocycles. The van der Waals surface area contributed by atoms with Gasteiger partial charge in [0, 0.05) is 75.2 Å². The van der Waals surface area contributed by atoms with Crippen molar-refractivity contribution >= 4 is 22.5 Å². The monoisotopic (exact) mass is 566 g/mol. The van der Waals surface area contributed by atoms with Gasteiger partial charge in [-0.25, -0.2) is 0 Å². The highest BCUT2D eigenvalue weighted by molar-refractivity contribution is 5.97. The largest absolute Gasteiger partial charge is 0.397 e. The molecule has 3 heterocycles. The number of piperidine rings is 1. The first-order valence-corrected chi connectivity index (χ1v) is 15.1. The minimum absolute atomic E-state index is 0.00865. The summed E-state index contributed by atoms with van der Waals surface area (Å²) >= 11 is 0. The first-order chi connectivity index (χ1) is 19.7. The number of nitriles is 1. The van der Waals surface area contributed by atoms with Crippen molar-refractivity contribution < 1.29 is 18.0 Å². The van der Waals surface area contributed by atoms with Gasteiger partial charge in [0.15, 0.2) is 0 Å². The Morgan fingerprint density at radius 3 is 2.49 bits per heavy atom. The maximum Gasteiger partial charge on any atom is 0.397 e. The number of carbonyl (C=O) groups excluding carboxylic acids is 1. The molecular weight excluding hydrogens is 529 g/mol. The Kier molecular flexibility index (Phi) is 6.47. The third kappa shape index (κ3) is 4.56. The lowest BCUT2D eigenvalue weighted by Gasteiger charge is -2.42. The van der Waals surface area contributed by atoms with E-state index in [2.05, 4.69) is 26.2 Å². The van der Waals surface area contributed by atoms with E-state index in [9.17, 15) is 23.2 Å². The molecule has 7 rings (SSSR count). The van der Waals surface area contributed by atoms with Crippen LogP contribution in [0.15, 0.2) is 30.5 Å². The fraction of sp³-hybridized carbons (Fsp3) is 0.645. The number of pyridine rings is 1. The van der Waals surface area contributed by atoms with Crippen molar-refractivity contribution in [1.29, 1.82) is 5.26 Å². The average molecular weight is 567 g/mol. The average Bonchev–Trinajstić information content (AvgIpc) is 3.89. The standard InChI is InChI=1S/C31H37F3N6O/c32-31(33,34)30-18-29(30,19-40(20-30)26-10-5-22(16-35)27-25(26)2-1-11-36-27)28(41)37-23-6-8-24(9-7-23)39-14-12-38(13-15-39)17-21-3-4-21/h1-2,5,10-11,21,23-24H,3-4,6-9,12-15,17-20H2,(H,37,41)/t23-,24+,29-,30-/m0/s1. The van der Waals surface area contributed by atoms with Gasteiger partial charge in [0.25, 0.3) is 0 Å². The van der Waals surface area contributed by atoms with Gasteiger partial charge < -0.3 is 15.1 Å². The van der Waals surface area contributed by atoms with Crippen LogP contribution in [0.3, 0.4) is 0 Å². The second kappa shape index (κ2) is 9.84. The zero-order valence-corrected chi connectivity index (χ0v) is 23.3. The van der Waals surface area contributed by atoms with E-state index in [1.165, 1.54) is 19.4 Å². The predicted octanol–water partition coefficient (Wildman–Crippen LogP) is 4.32. The van der Waals surface area contributed by atoms with Crippen LogP contribution in [-0.2, 0) is 4.79 Å². The number of fused-ring (bicyclic) bond motifs is 2. The number of carbonyl (C=O) groups is 1. The zero-order chi connectivity index (χ0) is 28.4. The molecule has 0 spiro atoms. The van der Waals surface area contributed by atoms with Gasteiger partial charge in [-0.05, 0) is 75.1 Å². The van der Waals surface area contributed by atoms with Crippen LogP contribution >= 0.6 is 0 Å². The van der Waals surface area contributed by atoms with E-state index >= 15 is 0 Å². The summed E-state index contributed by atoms with van der Waals surface area (Å²) in [7, 11) is 0. The zero-order valence-electron chi connectivity index (χ0n) is 23.3. The van der Waals surface area contributed by atoms with Gasteiger partial charge >= 0.3 is 6.18 Å². The SMILES string of the molecule is N#Cc1ccc(N2C[C@]3(C(=O)N[C@H]4CC[C@@H](N5CCN(CC6CC6)CC5)CC4)C[C@]3(C(F)(F)F)C2)c2cccnc12. The second-order valence-corrected chi connectivity index (χ2v) is 13.1. The first kappa shape index (κ1) is 27.0. The van der Waals surface area contributed by atoms with Gasteiger partial charge in [-0.3, -0.25) is 14.7 Å². The summed E-state index contributed by atoms with van der Waals surface area (Å²) in [4.78, 5) is 24.8. The third-order valence-electron chi connectivity index (χ3n) is 10.7. The number of aromatic nitrogens is 1. The van der Waals surface area contributed by atoms with Crippen LogP contribution in [0.5, 0.6) is 0 Å². The van der Waals surface area contributed by atoms with Gasteiger partial charge in [-0.15, -0.1) is 0 Å². The molecular formula is C31H37F3N6O. The normalized spacial score (nSPS) is 32.5. The number of piperazine rings is 1. The topological polar surface area (TPSA) is 75.5 Å². The van der Waals surface area contributed by atoms with Crippen LogP contribution in [0.4, 0.5) is 18.9 Å². The molecule has 3 saturated carbocycles. The quantitative estimate of drug-likeness (QED) is 0.562. The molecule has 41 heavy (non-hydrogen) atoms. The molecule has 2 atom stereocenters. The van der Waals surface area contributed by atoms with Gasteiger partial charge in [-0.2, -0.15) is 18.4 Å². The van der Waals surface area contributed by atoms with Crippen LogP contribution in [0, 0.1) is 28.1 Å². The fourth-order valence-corrected chi connectivity index (χ4v) is 8.00. The number of rotatable bonds is 6. The predicted molar refractivity (Wildman–Crippen MR) is 149 cm³/mol. The Bertz CT molecular complexity index is 1370. The highest BCUT2D eigenvalue weighted by Gasteiger charge is 2.86. The van der Waals surface area contributed by atoms with Gasteiger partial charge in [0.2, 0.25) is 5.91 Å². The fourth-order valence-electron chi connectivity index (χ4n) is 8.00. The molecule has 5 fully saturated rings. The Hall–Kier alpha value is -2.90. The molecule has 10 heteroatoms. The molecule has 1 amide bonds. The van der Waals surface area contributed by atoms with Crippen LogP contribution in [0.25, 0.3) is 10.9 Å². The highest BCUT2D eigenvalue weighted by Crippen LogP contribution is 2.75. The van der Waals surface area contributed by atoms with E-state index in [-0.39, 0.29) is 25.6 Å². The third-order valence-corrected chi connectivity index (χ3v) is 10.7. The molecule has 2 saturated heterocycles. The molecule has 0 radical (unpaired) electrons. The number of alkyl halides is 3. The lowest BCUT2D eigenvalue weighted by atomic mass is 9.88.